The lowest BCUT2D eigenvalue weighted by Gasteiger charge is -2.08. The van der Waals surface area contributed by atoms with Crippen LogP contribution < -0.4 is 9.50 Å². The minimum atomic E-state index is -3.89. The van der Waals surface area contributed by atoms with Gasteiger partial charge in [0.1, 0.15) is 10.6 Å². The van der Waals surface area contributed by atoms with Gasteiger partial charge in [-0.25, -0.2) is 0 Å². The molecule has 1 heterocycles. The minimum absolute atomic E-state index is 0.0696. The number of furan rings is 1. The lowest BCUT2D eigenvalue weighted by molar-refractivity contribution is 0.0996. The van der Waals surface area contributed by atoms with E-state index in [1.165, 1.54) is 42.7 Å². The Morgan fingerprint density at radius 1 is 0.917 bits per heavy atom. The van der Waals surface area contributed by atoms with Crippen LogP contribution in [0.25, 0.3) is 0 Å². The van der Waals surface area contributed by atoms with E-state index in [2.05, 4.69) is 5.32 Å². The van der Waals surface area contributed by atoms with Crippen LogP contribution in [-0.4, -0.2) is 14.3 Å². The van der Waals surface area contributed by atoms with Crippen molar-refractivity contribution < 1.29 is 21.8 Å². The average Bonchev–Trinajstić information content (AvgIpc) is 3.12. The number of benzene rings is 2. The molecule has 24 heavy (non-hydrogen) atoms. The summed E-state index contributed by atoms with van der Waals surface area (Å²) in [5.41, 5.74) is 0.487. The van der Waals surface area contributed by atoms with E-state index in [4.69, 9.17) is 8.60 Å². The first-order valence-corrected chi connectivity index (χ1v) is 8.40. The lowest BCUT2D eigenvalue weighted by Crippen LogP contribution is -2.11. The molecule has 0 spiro atoms. The van der Waals surface area contributed by atoms with E-state index < -0.39 is 16.0 Å². The fourth-order valence-electron chi connectivity index (χ4n) is 1.96. The van der Waals surface area contributed by atoms with Gasteiger partial charge in [-0.2, -0.15) is 8.42 Å². The number of hydrogen-bond acceptors (Lipinski definition) is 5. The Bertz CT molecular complexity index is 917. The molecule has 1 aromatic heterocycles. The fourth-order valence-corrected chi connectivity index (χ4v) is 2.91. The van der Waals surface area contributed by atoms with Gasteiger partial charge in [-0.1, -0.05) is 18.2 Å². The molecule has 0 aliphatic carbocycles. The summed E-state index contributed by atoms with van der Waals surface area (Å²) in [5.74, 6) is -0.0672. The number of carbonyl (C=O) groups is 1. The molecule has 1 amide bonds. The topological polar surface area (TPSA) is 85.6 Å². The molecular weight excluding hydrogens is 330 g/mol. The molecule has 0 saturated heterocycles. The third-order valence-corrected chi connectivity index (χ3v) is 4.36. The summed E-state index contributed by atoms with van der Waals surface area (Å²) in [7, 11) is -3.89. The Morgan fingerprint density at radius 2 is 1.62 bits per heavy atom. The van der Waals surface area contributed by atoms with Crippen molar-refractivity contribution in [3.8, 4) is 5.75 Å². The molecule has 2 aromatic carbocycles. The molecule has 0 radical (unpaired) electrons. The molecule has 0 unspecified atom stereocenters. The maximum absolute atomic E-state index is 12.1. The van der Waals surface area contributed by atoms with Crippen LogP contribution >= 0.6 is 0 Å². The molecule has 3 aromatic rings. The molecule has 0 atom stereocenters. The third kappa shape index (κ3) is 3.64. The Hall–Kier alpha value is -3.06. The summed E-state index contributed by atoms with van der Waals surface area (Å²) in [6.45, 7) is 0. The molecular formula is C17H13NO5S. The molecule has 0 aliphatic heterocycles. The van der Waals surface area contributed by atoms with Crippen molar-refractivity contribution in [3.05, 3.63) is 78.8 Å². The van der Waals surface area contributed by atoms with Gasteiger partial charge in [0, 0.05) is 5.69 Å². The van der Waals surface area contributed by atoms with Crippen molar-refractivity contribution in [1.29, 1.82) is 0 Å². The maximum atomic E-state index is 12.1. The van der Waals surface area contributed by atoms with Crippen molar-refractivity contribution in [2.45, 2.75) is 4.90 Å². The van der Waals surface area contributed by atoms with Crippen molar-refractivity contribution in [2.75, 3.05) is 5.32 Å². The summed E-state index contributed by atoms with van der Waals surface area (Å²) < 4.78 is 34.3. The van der Waals surface area contributed by atoms with Gasteiger partial charge in [0.15, 0.2) is 5.76 Å². The van der Waals surface area contributed by atoms with Crippen LogP contribution in [0.15, 0.2) is 82.3 Å². The molecule has 0 saturated carbocycles. The first-order valence-electron chi connectivity index (χ1n) is 6.99. The molecule has 3 rings (SSSR count). The first-order chi connectivity index (χ1) is 11.5. The quantitative estimate of drug-likeness (QED) is 0.718. The van der Waals surface area contributed by atoms with Crippen LogP contribution in [0.4, 0.5) is 5.69 Å². The van der Waals surface area contributed by atoms with Crippen LogP contribution in [0.2, 0.25) is 0 Å². The Balaban J connectivity index is 1.70. The van der Waals surface area contributed by atoms with Gasteiger partial charge in [0.05, 0.1) is 6.26 Å². The highest BCUT2D eigenvalue weighted by atomic mass is 32.2. The number of rotatable bonds is 5. The van der Waals surface area contributed by atoms with E-state index >= 15 is 0 Å². The highest BCUT2D eigenvalue weighted by Crippen LogP contribution is 2.21. The van der Waals surface area contributed by atoms with E-state index in [0.717, 1.165) is 0 Å². The predicted molar refractivity (Wildman–Crippen MR) is 87.4 cm³/mol. The fraction of sp³-hybridized carbons (Fsp3) is 0. The van der Waals surface area contributed by atoms with E-state index in [9.17, 15) is 13.2 Å². The zero-order chi connectivity index (χ0) is 17.0. The van der Waals surface area contributed by atoms with Crippen LogP contribution in [0.1, 0.15) is 10.6 Å². The average molecular weight is 343 g/mol. The predicted octanol–water partition coefficient (Wildman–Crippen LogP) is 3.30. The molecule has 0 bridgehead atoms. The van der Waals surface area contributed by atoms with E-state index in [1.807, 2.05) is 0 Å². The zero-order valence-electron chi connectivity index (χ0n) is 12.4. The summed E-state index contributed by atoms with van der Waals surface area (Å²) in [6, 6.07) is 17.0. The second-order valence-corrected chi connectivity index (χ2v) is 6.35. The Labute approximate surface area is 138 Å². The molecule has 0 fully saturated rings. The van der Waals surface area contributed by atoms with Gasteiger partial charge in [-0.05, 0) is 48.5 Å². The minimum Gasteiger partial charge on any atom is -0.459 e. The summed E-state index contributed by atoms with van der Waals surface area (Å²) in [6.07, 6.45) is 1.40. The Kier molecular flexibility index (Phi) is 4.35. The smallest absolute Gasteiger partial charge is 0.339 e. The van der Waals surface area contributed by atoms with Gasteiger partial charge in [-0.15, -0.1) is 0 Å². The van der Waals surface area contributed by atoms with Crippen molar-refractivity contribution in [3.63, 3.8) is 0 Å². The highest BCUT2D eigenvalue weighted by Gasteiger charge is 2.16. The molecule has 1 N–H and O–H groups in total. The third-order valence-electron chi connectivity index (χ3n) is 3.09. The SMILES string of the molecule is O=C(Nc1ccc(OS(=O)(=O)c2ccccc2)cc1)c1ccco1. The van der Waals surface area contributed by atoms with E-state index in [0.29, 0.717) is 5.69 Å². The number of hydrogen-bond donors (Lipinski definition) is 1. The second-order valence-electron chi connectivity index (χ2n) is 4.81. The van der Waals surface area contributed by atoms with Gasteiger partial charge < -0.3 is 13.9 Å². The molecule has 7 heteroatoms. The number of nitrogens with one attached hydrogen (secondary N) is 1. The highest BCUT2D eigenvalue weighted by molar-refractivity contribution is 7.87. The number of carbonyl (C=O) groups excluding carboxylic acids is 1. The molecule has 0 aliphatic rings. The van der Waals surface area contributed by atoms with Gasteiger partial charge in [0.25, 0.3) is 5.91 Å². The monoisotopic (exact) mass is 343 g/mol. The van der Waals surface area contributed by atoms with Crippen LogP contribution in [-0.2, 0) is 10.1 Å². The van der Waals surface area contributed by atoms with Gasteiger partial charge in [-0.3, -0.25) is 4.79 Å². The van der Waals surface area contributed by atoms with Crippen molar-refractivity contribution >= 4 is 21.7 Å². The lowest BCUT2D eigenvalue weighted by atomic mass is 10.3. The zero-order valence-corrected chi connectivity index (χ0v) is 13.2. The normalized spacial score (nSPS) is 11.0. The second kappa shape index (κ2) is 6.59. The maximum Gasteiger partial charge on any atom is 0.339 e. The van der Waals surface area contributed by atoms with E-state index in [1.54, 1.807) is 30.3 Å². The van der Waals surface area contributed by atoms with E-state index in [-0.39, 0.29) is 16.4 Å². The van der Waals surface area contributed by atoms with Crippen molar-refractivity contribution in [2.24, 2.45) is 0 Å². The Morgan fingerprint density at radius 3 is 2.25 bits per heavy atom. The largest absolute Gasteiger partial charge is 0.459 e. The molecule has 6 nitrogen and oxygen atoms in total. The first kappa shape index (κ1) is 15.8. The van der Waals surface area contributed by atoms with Crippen LogP contribution in [0, 0.1) is 0 Å². The summed E-state index contributed by atoms with van der Waals surface area (Å²) in [4.78, 5) is 11.9. The van der Waals surface area contributed by atoms with Gasteiger partial charge >= 0.3 is 10.1 Å². The summed E-state index contributed by atoms with van der Waals surface area (Å²) >= 11 is 0. The van der Waals surface area contributed by atoms with Gasteiger partial charge in [0.2, 0.25) is 0 Å². The van der Waals surface area contributed by atoms with Crippen LogP contribution in [0.5, 0.6) is 5.75 Å². The standard InChI is InChI=1S/C17H13NO5S/c19-17(16-7-4-12-22-16)18-13-8-10-14(11-9-13)23-24(20,21)15-5-2-1-3-6-15/h1-12H,(H,18,19). The van der Waals surface area contributed by atoms with Crippen LogP contribution in [0.3, 0.4) is 0 Å². The number of anilines is 1. The molecule has 122 valence electrons. The summed E-state index contributed by atoms with van der Waals surface area (Å²) in [5, 5.41) is 2.63. The van der Waals surface area contributed by atoms with Crippen molar-refractivity contribution in [1.82, 2.24) is 0 Å². The number of amides is 1.